The fourth-order valence-electron chi connectivity index (χ4n) is 3.02. The average molecular weight is 443 g/mol. The van der Waals surface area contributed by atoms with Crippen LogP contribution in [0.15, 0.2) is 53.4 Å². The van der Waals surface area contributed by atoms with Crippen molar-refractivity contribution in [2.24, 2.45) is 5.92 Å². The first-order valence-electron chi connectivity index (χ1n) is 8.78. The van der Waals surface area contributed by atoms with Gasteiger partial charge in [0, 0.05) is 24.0 Å². The van der Waals surface area contributed by atoms with Gasteiger partial charge in [0.2, 0.25) is 15.9 Å². The molecule has 2 aromatic carbocycles. The lowest BCUT2D eigenvalue weighted by Crippen LogP contribution is -2.43. The molecular weight excluding hydrogens is 423 g/mol. The largest absolute Gasteiger partial charge is 0.272 e. The molecule has 1 heterocycles. The lowest BCUT2D eigenvalue weighted by molar-refractivity contribution is -0.140. The Morgan fingerprint density at radius 1 is 1.11 bits per heavy atom. The number of halogens is 2. The van der Waals surface area contributed by atoms with Crippen LogP contribution in [0.2, 0.25) is 10.0 Å². The first-order chi connectivity index (χ1) is 13.4. The Kier molecular flexibility index (Phi) is 6.95. The SMILES string of the molecule is O=C(NOCc1ccccc1)C1CCN(S(=O)(=O)c2cc(Cl)ccc2Cl)CC1. The molecule has 1 amide bonds. The Morgan fingerprint density at radius 3 is 2.46 bits per heavy atom. The van der Waals surface area contributed by atoms with Crippen molar-refractivity contribution in [1.29, 1.82) is 0 Å². The Morgan fingerprint density at radius 2 is 1.79 bits per heavy atom. The van der Waals surface area contributed by atoms with E-state index < -0.39 is 10.0 Å². The predicted molar refractivity (Wildman–Crippen MR) is 107 cm³/mol. The van der Waals surface area contributed by atoms with Gasteiger partial charge in [0.25, 0.3) is 0 Å². The Balaban J connectivity index is 1.53. The maximum atomic E-state index is 12.8. The highest BCUT2D eigenvalue weighted by atomic mass is 35.5. The molecule has 0 bridgehead atoms. The van der Waals surface area contributed by atoms with Crippen LogP contribution >= 0.6 is 23.2 Å². The van der Waals surface area contributed by atoms with Crippen LogP contribution in [0.1, 0.15) is 18.4 Å². The fourth-order valence-corrected chi connectivity index (χ4v) is 5.23. The summed E-state index contributed by atoms with van der Waals surface area (Å²) >= 11 is 12.0. The molecular formula is C19H20Cl2N2O4S. The number of sulfonamides is 1. The van der Waals surface area contributed by atoms with E-state index in [1.54, 1.807) is 0 Å². The van der Waals surface area contributed by atoms with Crippen molar-refractivity contribution in [1.82, 2.24) is 9.79 Å². The predicted octanol–water partition coefficient (Wildman–Crippen LogP) is 3.64. The molecule has 0 unspecified atom stereocenters. The molecule has 0 radical (unpaired) electrons. The number of rotatable bonds is 6. The number of hydrogen-bond donors (Lipinski definition) is 1. The summed E-state index contributed by atoms with van der Waals surface area (Å²) in [5.74, 6) is -0.550. The first kappa shape index (κ1) is 21.1. The number of carbonyl (C=O) groups is 1. The van der Waals surface area contributed by atoms with E-state index in [9.17, 15) is 13.2 Å². The number of carbonyl (C=O) groups excluding carboxylic acids is 1. The number of hydrogen-bond acceptors (Lipinski definition) is 4. The van der Waals surface area contributed by atoms with Crippen LogP contribution < -0.4 is 5.48 Å². The smallest absolute Gasteiger partial charge is 0.246 e. The lowest BCUT2D eigenvalue weighted by Gasteiger charge is -2.30. The van der Waals surface area contributed by atoms with E-state index in [0.717, 1.165) is 5.56 Å². The quantitative estimate of drug-likeness (QED) is 0.692. The minimum Gasteiger partial charge on any atom is -0.272 e. The maximum absolute atomic E-state index is 12.8. The van der Waals surface area contributed by atoms with Gasteiger partial charge in [-0.15, -0.1) is 0 Å². The molecule has 3 rings (SSSR count). The van der Waals surface area contributed by atoms with E-state index >= 15 is 0 Å². The van der Waals surface area contributed by atoms with Gasteiger partial charge >= 0.3 is 0 Å². The van der Waals surface area contributed by atoms with Gasteiger partial charge in [0.15, 0.2) is 0 Å². The normalized spacial score (nSPS) is 16.1. The summed E-state index contributed by atoms with van der Waals surface area (Å²) in [5.41, 5.74) is 3.40. The van der Waals surface area contributed by atoms with E-state index in [2.05, 4.69) is 5.48 Å². The number of nitrogens with zero attached hydrogens (tertiary/aromatic N) is 1. The van der Waals surface area contributed by atoms with Gasteiger partial charge < -0.3 is 0 Å². The summed E-state index contributed by atoms with van der Waals surface area (Å²) in [5, 5.41) is 0.423. The molecule has 9 heteroatoms. The zero-order valence-corrected chi connectivity index (χ0v) is 17.3. The van der Waals surface area contributed by atoms with Crippen LogP contribution in [0.3, 0.4) is 0 Å². The van der Waals surface area contributed by atoms with Crippen molar-refractivity contribution in [3.63, 3.8) is 0 Å². The molecule has 150 valence electrons. The topological polar surface area (TPSA) is 75.7 Å². The summed E-state index contributed by atoms with van der Waals surface area (Å²) in [6.45, 7) is 0.719. The highest BCUT2D eigenvalue weighted by Gasteiger charge is 2.33. The molecule has 28 heavy (non-hydrogen) atoms. The second kappa shape index (κ2) is 9.24. The Hall–Kier alpha value is -1.64. The molecule has 0 saturated carbocycles. The van der Waals surface area contributed by atoms with Gasteiger partial charge in [0.05, 0.1) is 11.6 Å². The van der Waals surface area contributed by atoms with Crippen molar-refractivity contribution in [3.05, 3.63) is 64.1 Å². The Bertz CT molecular complexity index is 930. The number of hydroxylamine groups is 1. The molecule has 1 saturated heterocycles. The highest BCUT2D eigenvalue weighted by molar-refractivity contribution is 7.89. The summed E-state index contributed by atoms with van der Waals surface area (Å²) in [6.07, 6.45) is 0.801. The van der Waals surface area contributed by atoms with Crippen molar-refractivity contribution >= 4 is 39.1 Å². The minimum atomic E-state index is -3.76. The molecule has 0 atom stereocenters. The van der Waals surface area contributed by atoms with E-state index in [4.69, 9.17) is 28.0 Å². The summed E-state index contributed by atoms with van der Waals surface area (Å²) < 4.78 is 27.0. The number of amides is 1. The summed E-state index contributed by atoms with van der Waals surface area (Å²) in [6, 6.07) is 13.8. The van der Waals surface area contributed by atoms with Crippen LogP contribution in [0, 0.1) is 5.92 Å². The molecule has 0 aromatic heterocycles. The standard InChI is InChI=1S/C19H20Cl2N2O4S/c20-16-6-7-17(21)18(12-16)28(25,26)23-10-8-15(9-11-23)19(24)22-27-13-14-4-2-1-3-5-14/h1-7,12,15H,8-11,13H2,(H,22,24). The third kappa shape index (κ3) is 5.04. The van der Waals surface area contributed by atoms with E-state index in [0.29, 0.717) is 17.9 Å². The molecule has 1 N–H and O–H groups in total. The summed E-state index contributed by atoms with van der Waals surface area (Å²) in [4.78, 5) is 17.5. The zero-order valence-electron chi connectivity index (χ0n) is 15.0. The van der Waals surface area contributed by atoms with Crippen LogP contribution in [-0.4, -0.2) is 31.7 Å². The lowest BCUT2D eigenvalue weighted by atomic mass is 9.98. The van der Waals surface area contributed by atoms with Crippen LogP contribution in [0.4, 0.5) is 0 Å². The fraction of sp³-hybridized carbons (Fsp3) is 0.316. The molecule has 1 fully saturated rings. The zero-order chi connectivity index (χ0) is 20.1. The van der Waals surface area contributed by atoms with Crippen molar-refractivity contribution in [2.45, 2.75) is 24.3 Å². The van der Waals surface area contributed by atoms with Gasteiger partial charge in [0.1, 0.15) is 4.90 Å². The molecule has 0 aliphatic carbocycles. The average Bonchev–Trinajstić information content (AvgIpc) is 2.70. The van der Waals surface area contributed by atoms with E-state index in [1.165, 1.54) is 22.5 Å². The van der Waals surface area contributed by atoms with E-state index in [1.807, 2.05) is 30.3 Å². The van der Waals surface area contributed by atoms with Gasteiger partial charge in [-0.25, -0.2) is 13.9 Å². The summed E-state index contributed by atoms with van der Waals surface area (Å²) in [7, 11) is -3.76. The van der Waals surface area contributed by atoms with Crippen molar-refractivity contribution in [3.8, 4) is 0 Å². The van der Waals surface area contributed by atoms with E-state index in [-0.39, 0.29) is 41.4 Å². The van der Waals surface area contributed by atoms with Crippen LogP contribution in [0.5, 0.6) is 0 Å². The number of piperidine rings is 1. The van der Waals surface area contributed by atoms with Gasteiger partial charge in [-0.05, 0) is 36.6 Å². The van der Waals surface area contributed by atoms with Crippen LogP contribution in [-0.2, 0) is 26.3 Å². The number of nitrogens with one attached hydrogen (secondary N) is 1. The van der Waals surface area contributed by atoms with Gasteiger partial charge in [-0.2, -0.15) is 4.31 Å². The second-order valence-corrected chi connectivity index (χ2v) is 9.24. The third-order valence-corrected chi connectivity index (χ3v) is 7.21. The van der Waals surface area contributed by atoms with Gasteiger partial charge in [-0.3, -0.25) is 9.63 Å². The first-order valence-corrected chi connectivity index (χ1v) is 11.0. The maximum Gasteiger partial charge on any atom is 0.246 e. The molecule has 1 aliphatic heterocycles. The van der Waals surface area contributed by atoms with Crippen LogP contribution in [0.25, 0.3) is 0 Å². The molecule has 0 spiro atoms. The van der Waals surface area contributed by atoms with Gasteiger partial charge in [-0.1, -0.05) is 53.5 Å². The molecule has 6 nitrogen and oxygen atoms in total. The Labute approximate surface area is 174 Å². The monoisotopic (exact) mass is 442 g/mol. The second-order valence-electron chi connectivity index (χ2n) is 6.49. The highest BCUT2D eigenvalue weighted by Crippen LogP contribution is 2.30. The molecule has 1 aliphatic rings. The number of benzene rings is 2. The van der Waals surface area contributed by atoms with Crippen molar-refractivity contribution < 1.29 is 18.0 Å². The molecule has 2 aromatic rings. The van der Waals surface area contributed by atoms with Crippen molar-refractivity contribution in [2.75, 3.05) is 13.1 Å². The minimum absolute atomic E-state index is 0.0178. The third-order valence-electron chi connectivity index (χ3n) is 4.59.